The molecule has 1 rings (SSSR count). The number of nitriles is 1. The Balaban J connectivity index is 2.82. The molecule has 2 nitrogen and oxygen atoms in total. The van der Waals surface area contributed by atoms with Gasteiger partial charge in [-0.1, -0.05) is 6.92 Å². The number of hydrogen-bond donors (Lipinski definition) is 0. The van der Waals surface area contributed by atoms with Gasteiger partial charge in [0.25, 0.3) is 0 Å². The summed E-state index contributed by atoms with van der Waals surface area (Å²) in [6.07, 6.45) is 1.21. The van der Waals surface area contributed by atoms with Crippen LogP contribution >= 0.6 is 0 Å². The Morgan fingerprint density at radius 3 is 2.71 bits per heavy atom. The third-order valence-corrected chi connectivity index (χ3v) is 2.23. The third-order valence-electron chi connectivity index (χ3n) is 2.23. The van der Waals surface area contributed by atoms with E-state index in [0.717, 1.165) is 17.7 Å². The smallest absolute Gasteiger partial charge is 0.120 e. The molecule has 0 amide bonds. The van der Waals surface area contributed by atoms with Gasteiger partial charge in [-0.25, -0.2) is 0 Å². The van der Waals surface area contributed by atoms with Crippen molar-refractivity contribution >= 4 is 0 Å². The van der Waals surface area contributed by atoms with Gasteiger partial charge in [0.1, 0.15) is 5.75 Å². The fourth-order valence-corrected chi connectivity index (χ4v) is 1.15. The zero-order chi connectivity index (χ0) is 10.6. The first-order valence-electron chi connectivity index (χ1n) is 4.84. The Morgan fingerprint density at radius 2 is 2.21 bits per heavy atom. The van der Waals surface area contributed by atoms with Gasteiger partial charge in [0, 0.05) is 0 Å². The summed E-state index contributed by atoms with van der Waals surface area (Å²) in [7, 11) is 0. The normalized spacial score (nSPS) is 11.9. The molecule has 0 aliphatic rings. The van der Waals surface area contributed by atoms with E-state index >= 15 is 0 Å². The Bertz CT molecular complexity index is 352. The van der Waals surface area contributed by atoms with Gasteiger partial charge < -0.3 is 4.74 Å². The molecule has 74 valence electrons. The lowest BCUT2D eigenvalue weighted by atomic mass is 10.1. The van der Waals surface area contributed by atoms with E-state index in [1.807, 2.05) is 26.0 Å². The summed E-state index contributed by atoms with van der Waals surface area (Å²) < 4.78 is 5.63. The van der Waals surface area contributed by atoms with Gasteiger partial charge in [-0.2, -0.15) is 5.26 Å². The standard InChI is InChI=1S/C12H15NO/c1-4-10(3)14-12-6-5-11(8-13)9(2)7-12/h5-7,10H,4H2,1-3H3. The average Bonchev–Trinajstić information content (AvgIpc) is 2.18. The lowest BCUT2D eigenvalue weighted by Gasteiger charge is -2.13. The molecule has 1 unspecified atom stereocenters. The minimum absolute atomic E-state index is 0.224. The number of hydrogen-bond acceptors (Lipinski definition) is 2. The molecule has 1 aromatic carbocycles. The predicted octanol–water partition coefficient (Wildman–Crippen LogP) is 3.04. The van der Waals surface area contributed by atoms with Gasteiger partial charge >= 0.3 is 0 Å². The van der Waals surface area contributed by atoms with E-state index in [2.05, 4.69) is 13.0 Å². The van der Waals surface area contributed by atoms with Gasteiger partial charge in [0.2, 0.25) is 0 Å². The van der Waals surface area contributed by atoms with Crippen molar-refractivity contribution in [2.75, 3.05) is 0 Å². The Kier molecular flexibility index (Phi) is 3.53. The second-order valence-corrected chi connectivity index (χ2v) is 3.43. The van der Waals surface area contributed by atoms with Crippen LogP contribution in [-0.4, -0.2) is 6.10 Å². The molecule has 0 heterocycles. The van der Waals surface area contributed by atoms with Crippen LogP contribution in [0.4, 0.5) is 0 Å². The highest BCUT2D eigenvalue weighted by atomic mass is 16.5. The maximum Gasteiger partial charge on any atom is 0.120 e. The fourth-order valence-electron chi connectivity index (χ4n) is 1.15. The number of benzene rings is 1. The van der Waals surface area contributed by atoms with E-state index in [9.17, 15) is 0 Å². The van der Waals surface area contributed by atoms with Gasteiger partial charge in [-0.15, -0.1) is 0 Å². The summed E-state index contributed by atoms with van der Waals surface area (Å²) >= 11 is 0. The zero-order valence-electron chi connectivity index (χ0n) is 8.87. The highest BCUT2D eigenvalue weighted by molar-refractivity contribution is 5.41. The van der Waals surface area contributed by atoms with Crippen LogP contribution in [0.1, 0.15) is 31.4 Å². The van der Waals surface area contributed by atoms with Gasteiger partial charge in [-0.3, -0.25) is 0 Å². The van der Waals surface area contributed by atoms with Crippen molar-refractivity contribution in [1.82, 2.24) is 0 Å². The topological polar surface area (TPSA) is 33.0 Å². The monoisotopic (exact) mass is 189 g/mol. The number of ether oxygens (including phenoxy) is 1. The zero-order valence-corrected chi connectivity index (χ0v) is 8.87. The van der Waals surface area contributed by atoms with Crippen molar-refractivity contribution in [2.24, 2.45) is 0 Å². The molecule has 14 heavy (non-hydrogen) atoms. The molecule has 0 bridgehead atoms. The van der Waals surface area contributed by atoms with Crippen LogP contribution in [0.3, 0.4) is 0 Å². The quantitative estimate of drug-likeness (QED) is 0.732. The Labute approximate surface area is 85.1 Å². The van der Waals surface area contributed by atoms with E-state index in [4.69, 9.17) is 10.00 Å². The molecule has 0 radical (unpaired) electrons. The molecular formula is C12H15NO. The van der Waals surface area contributed by atoms with Crippen LogP contribution in [0.5, 0.6) is 5.75 Å². The van der Waals surface area contributed by atoms with E-state index in [0.29, 0.717) is 5.56 Å². The second-order valence-electron chi connectivity index (χ2n) is 3.43. The van der Waals surface area contributed by atoms with Crippen molar-refractivity contribution in [1.29, 1.82) is 5.26 Å². The number of aryl methyl sites for hydroxylation is 1. The SMILES string of the molecule is CCC(C)Oc1ccc(C#N)c(C)c1. The summed E-state index contributed by atoms with van der Waals surface area (Å²) in [4.78, 5) is 0. The van der Waals surface area contributed by atoms with Crippen LogP contribution in [0.25, 0.3) is 0 Å². The summed E-state index contributed by atoms with van der Waals surface area (Å²) in [5.41, 5.74) is 1.68. The van der Waals surface area contributed by atoms with Crippen molar-refractivity contribution < 1.29 is 4.74 Å². The summed E-state index contributed by atoms with van der Waals surface area (Å²) in [6, 6.07) is 7.69. The molecule has 0 N–H and O–H groups in total. The molecule has 1 aromatic rings. The average molecular weight is 189 g/mol. The maximum atomic E-state index is 8.75. The summed E-state index contributed by atoms with van der Waals surface area (Å²) in [5, 5.41) is 8.75. The van der Waals surface area contributed by atoms with Crippen molar-refractivity contribution in [3.05, 3.63) is 29.3 Å². The molecule has 0 fully saturated rings. The minimum atomic E-state index is 0.224. The van der Waals surface area contributed by atoms with Crippen LogP contribution in [-0.2, 0) is 0 Å². The first kappa shape index (κ1) is 10.6. The van der Waals surface area contributed by atoms with E-state index in [-0.39, 0.29) is 6.10 Å². The first-order chi connectivity index (χ1) is 6.67. The maximum absolute atomic E-state index is 8.75. The molecule has 2 heteroatoms. The molecule has 0 spiro atoms. The minimum Gasteiger partial charge on any atom is -0.491 e. The van der Waals surface area contributed by atoms with Crippen LogP contribution in [0, 0.1) is 18.3 Å². The molecular weight excluding hydrogens is 174 g/mol. The van der Waals surface area contributed by atoms with Crippen molar-refractivity contribution in [3.8, 4) is 11.8 Å². The fraction of sp³-hybridized carbons (Fsp3) is 0.417. The van der Waals surface area contributed by atoms with Gasteiger partial charge in [0.05, 0.1) is 17.7 Å². The summed E-state index contributed by atoms with van der Waals surface area (Å²) in [5.74, 6) is 0.843. The van der Waals surface area contributed by atoms with Crippen molar-refractivity contribution in [2.45, 2.75) is 33.3 Å². The molecule has 1 atom stereocenters. The van der Waals surface area contributed by atoms with Crippen molar-refractivity contribution in [3.63, 3.8) is 0 Å². The van der Waals surface area contributed by atoms with Crippen LogP contribution < -0.4 is 4.74 Å². The molecule has 0 saturated heterocycles. The Hall–Kier alpha value is -1.49. The highest BCUT2D eigenvalue weighted by Crippen LogP contribution is 2.18. The second kappa shape index (κ2) is 4.66. The molecule has 0 aliphatic heterocycles. The molecule has 0 saturated carbocycles. The molecule has 0 aliphatic carbocycles. The van der Waals surface area contributed by atoms with E-state index < -0.39 is 0 Å². The number of nitrogens with zero attached hydrogens (tertiary/aromatic N) is 1. The van der Waals surface area contributed by atoms with Gasteiger partial charge in [0.15, 0.2) is 0 Å². The lowest BCUT2D eigenvalue weighted by Crippen LogP contribution is -2.09. The summed E-state index contributed by atoms with van der Waals surface area (Å²) in [6.45, 7) is 6.04. The first-order valence-corrected chi connectivity index (χ1v) is 4.84. The highest BCUT2D eigenvalue weighted by Gasteiger charge is 2.03. The predicted molar refractivity (Wildman–Crippen MR) is 56.3 cm³/mol. The third kappa shape index (κ3) is 2.50. The van der Waals surface area contributed by atoms with Gasteiger partial charge in [-0.05, 0) is 44.0 Å². The van der Waals surface area contributed by atoms with Crippen LogP contribution in [0.2, 0.25) is 0 Å². The largest absolute Gasteiger partial charge is 0.491 e. The Morgan fingerprint density at radius 1 is 1.50 bits per heavy atom. The number of rotatable bonds is 3. The van der Waals surface area contributed by atoms with E-state index in [1.54, 1.807) is 6.07 Å². The lowest BCUT2D eigenvalue weighted by molar-refractivity contribution is 0.217. The molecule has 0 aromatic heterocycles. The van der Waals surface area contributed by atoms with E-state index in [1.165, 1.54) is 0 Å². The van der Waals surface area contributed by atoms with Crippen LogP contribution in [0.15, 0.2) is 18.2 Å².